The van der Waals surface area contributed by atoms with Gasteiger partial charge in [0.25, 0.3) is 0 Å². The zero-order chi connectivity index (χ0) is 13.3. The fourth-order valence-corrected chi connectivity index (χ4v) is 2.07. The highest BCUT2D eigenvalue weighted by molar-refractivity contribution is 7.99. The number of aromatic nitrogens is 3. The number of aryl methyl sites for hydroxylation is 1. The molecule has 96 valence electrons. The molecule has 0 fully saturated rings. The standard InChI is InChI=1S/C10H9F3N4S/c1-17-5-15-16-9(17)18-8-3-2-6(4-7(8)14)10(11,12)13/h2-5H,14H2,1H3. The third-order valence-electron chi connectivity index (χ3n) is 2.21. The molecule has 0 unspecified atom stereocenters. The van der Waals surface area contributed by atoms with Crippen molar-refractivity contribution >= 4 is 17.4 Å². The summed E-state index contributed by atoms with van der Waals surface area (Å²) < 4.78 is 39.0. The van der Waals surface area contributed by atoms with Gasteiger partial charge in [0.15, 0.2) is 5.16 Å². The second-order valence-corrected chi connectivity index (χ2v) is 4.59. The molecule has 1 aromatic heterocycles. The zero-order valence-corrected chi connectivity index (χ0v) is 10.1. The highest BCUT2D eigenvalue weighted by Crippen LogP contribution is 2.36. The van der Waals surface area contributed by atoms with Crippen molar-refractivity contribution in [1.82, 2.24) is 14.8 Å². The van der Waals surface area contributed by atoms with E-state index in [9.17, 15) is 13.2 Å². The summed E-state index contributed by atoms with van der Waals surface area (Å²) in [5.74, 6) is 0. The maximum atomic E-state index is 12.5. The molecule has 2 rings (SSSR count). The molecule has 0 saturated carbocycles. The van der Waals surface area contributed by atoms with Gasteiger partial charge in [-0.2, -0.15) is 13.2 Å². The van der Waals surface area contributed by atoms with Crippen LogP contribution in [0, 0.1) is 0 Å². The first-order chi connectivity index (χ1) is 8.38. The van der Waals surface area contributed by atoms with Crippen LogP contribution < -0.4 is 5.73 Å². The highest BCUT2D eigenvalue weighted by atomic mass is 32.2. The fraction of sp³-hybridized carbons (Fsp3) is 0.200. The van der Waals surface area contributed by atoms with Crippen LogP contribution in [0.15, 0.2) is 34.6 Å². The molecule has 0 amide bonds. The van der Waals surface area contributed by atoms with Gasteiger partial charge in [-0.1, -0.05) is 0 Å². The molecular formula is C10H9F3N4S. The van der Waals surface area contributed by atoms with E-state index < -0.39 is 11.7 Å². The first-order valence-electron chi connectivity index (χ1n) is 4.86. The lowest BCUT2D eigenvalue weighted by Crippen LogP contribution is -2.05. The summed E-state index contributed by atoms with van der Waals surface area (Å²) in [4.78, 5) is 0.513. The Morgan fingerprint density at radius 3 is 2.56 bits per heavy atom. The normalized spacial score (nSPS) is 11.8. The number of halogens is 3. The number of hydrogen-bond acceptors (Lipinski definition) is 4. The molecule has 0 saturated heterocycles. The van der Waals surface area contributed by atoms with Crippen LogP contribution >= 0.6 is 11.8 Å². The van der Waals surface area contributed by atoms with Crippen molar-refractivity contribution in [1.29, 1.82) is 0 Å². The quantitative estimate of drug-likeness (QED) is 0.855. The number of benzene rings is 1. The van der Waals surface area contributed by atoms with Crippen LogP contribution in [-0.4, -0.2) is 14.8 Å². The van der Waals surface area contributed by atoms with Crippen molar-refractivity contribution in [2.24, 2.45) is 7.05 Å². The second kappa shape index (κ2) is 4.52. The van der Waals surface area contributed by atoms with E-state index in [1.165, 1.54) is 12.4 Å². The van der Waals surface area contributed by atoms with E-state index >= 15 is 0 Å². The Bertz CT molecular complexity index is 564. The van der Waals surface area contributed by atoms with E-state index in [-0.39, 0.29) is 5.69 Å². The Balaban J connectivity index is 2.29. The minimum Gasteiger partial charge on any atom is -0.398 e. The van der Waals surface area contributed by atoms with Gasteiger partial charge in [-0.15, -0.1) is 10.2 Å². The Morgan fingerprint density at radius 1 is 1.33 bits per heavy atom. The van der Waals surface area contributed by atoms with Crippen LogP contribution in [0.25, 0.3) is 0 Å². The Hall–Kier alpha value is -1.70. The Labute approximate surface area is 105 Å². The fourth-order valence-electron chi connectivity index (χ4n) is 1.28. The third kappa shape index (κ3) is 2.58. The van der Waals surface area contributed by atoms with Gasteiger partial charge in [0.05, 0.1) is 5.56 Å². The molecule has 2 N–H and O–H groups in total. The summed E-state index contributed by atoms with van der Waals surface area (Å²) in [7, 11) is 1.74. The predicted molar refractivity (Wildman–Crippen MR) is 61.0 cm³/mol. The number of nitrogen functional groups attached to an aromatic ring is 1. The lowest BCUT2D eigenvalue weighted by Gasteiger charge is -2.10. The topological polar surface area (TPSA) is 56.7 Å². The van der Waals surface area contributed by atoms with Gasteiger partial charge < -0.3 is 10.3 Å². The van der Waals surface area contributed by atoms with E-state index in [1.807, 2.05) is 0 Å². The highest BCUT2D eigenvalue weighted by Gasteiger charge is 2.30. The molecule has 2 aromatic rings. The molecule has 0 spiro atoms. The lowest BCUT2D eigenvalue weighted by atomic mass is 10.2. The molecule has 0 radical (unpaired) electrons. The van der Waals surface area contributed by atoms with Crippen LogP contribution in [0.5, 0.6) is 0 Å². The molecular weight excluding hydrogens is 265 g/mol. The zero-order valence-electron chi connectivity index (χ0n) is 9.27. The molecule has 1 aromatic carbocycles. The summed E-state index contributed by atoms with van der Waals surface area (Å²) in [6, 6.07) is 3.24. The van der Waals surface area contributed by atoms with Crippen molar-refractivity contribution in [2.45, 2.75) is 16.2 Å². The molecule has 0 aliphatic rings. The average Bonchev–Trinajstić information content (AvgIpc) is 2.66. The van der Waals surface area contributed by atoms with E-state index in [4.69, 9.17) is 5.73 Å². The summed E-state index contributed by atoms with van der Waals surface area (Å²) >= 11 is 1.16. The summed E-state index contributed by atoms with van der Waals surface area (Å²) in [6.07, 6.45) is -2.88. The van der Waals surface area contributed by atoms with Crippen molar-refractivity contribution in [3.05, 3.63) is 30.1 Å². The molecule has 1 heterocycles. The van der Waals surface area contributed by atoms with Gasteiger partial charge in [0.2, 0.25) is 0 Å². The second-order valence-electron chi connectivity index (χ2n) is 3.58. The van der Waals surface area contributed by atoms with Gasteiger partial charge in [0, 0.05) is 17.6 Å². The predicted octanol–water partition coefficient (Wildman–Crippen LogP) is 2.57. The van der Waals surface area contributed by atoms with Crippen molar-refractivity contribution < 1.29 is 13.2 Å². The lowest BCUT2D eigenvalue weighted by molar-refractivity contribution is -0.137. The first-order valence-corrected chi connectivity index (χ1v) is 5.68. The molecule has 18 heavy (non-hydrogen) atoms. The number of hydrogen-bond donors (Lipinski definition) is 1. The van der Waals surface area contributed by atoms with Gasteiger partial charge in [-0.3, -0.25) is 0 Å². The van der Waals surface area contributed by atoms with Crippen molar-refractivity contribution in [3.63, 3.8) is 0 Å². The van der Waals surface area contributed by atoms with Crippen molar-refractivity contribution in [3.8, 4) is 0 Å². The van der Waals surface area contributed by atoms with E-state index in [1.54, 1.807) is 11.6 Å². The van der Waals surface area contributed by atoms with Gasteiger partial charge in [0.1, 0.15) is 6.33 Å². The van der Waals surface area contributed by atoms with Crippen LogP contribution in [0.2, 0.25) is 0 Å². The van der Waals surface area contributed by atoms with Crippen LogP contribution in [0.4, 0.5) is 18.9 Å². The molecule has 0 aliphatic carbocycles. The summed E-state index contributed by atoms with van der Waals surface area (Å²) in [5, 5.41) is 8.05. The number of rotatable bonds is 2. The Kier molecular flexibility index (Phi) is 3.20. The number of alkyl halides is 3. The number of nitrogens with two attached hydrogens (primary N) is 1. The molecule has 0 aliphatic heterocycles. The van der Waals surface area contributed by atoms with E-state index in [2.05, 4.69) is 10.2 Å². The average molecular weight is 274 g/mol. The third-order valence-corrected chi connectivity index (χ3v) is 3.35. The molecule has 0 bridgehead atoms. The monoisotopic (exact) mass is 274 g/mol. The number of anilines is 1. The van der Waals surface area contributed by atoms with E-state index in [0.717, 1.165) is 23.9 Å². The van der Waals surface area contributed by atoms with Gasteiger partial charge in [-0.05, 0) is 30.0 Å². The Morgan fingerprint density at radius 2 is 2.06 bits per heavy atom. The summed E-state index contributed by atoms with van der Waals surface area (Å²) in [5.41, 5.74) is 4.91. The van der Waals surface area contributed by atoms with E-state index in [0.29, 0.717) is 10.1 Å². The number of nitrogens with zero attached hydrogens (tertiary/aromatic N) is 3. The van der Waals surface area contributed by atoms with Gasteiger partial charge >= 0.3 is 6.18 Å². The molecule has 4 nitrogen and oxygen atoms in total. The van der Waals surface area contributed by atoms with Crippen molar-refractivity contribution in [2.75, 3.05) is 5.73 Å². The van der Waals surface area contributed by atoms with Crippen LogP contribution in [0.3, 0.4) is 0 Å². The summed E-state index contributed by atoms with van der Waals surface area (Å²) in [6.45, 7) is 0. The minimum absolute atomic E-state index is 0.0674. The largest absolute Gasteiger partial charge is 0.416 e. The molecule has 0 atom stereocenters. The molecule has 8 heteroatoms. The van der Waals surface area contributed by atoms with Crippen LogP contribution in [0.1, 0.15) is 5.56 Å². The first kappa shape index (κ1) is 12.7. The minimum atomic E-state index is -4.39. The maximum absolute atomic E-state index is 12.5. The smallest absolute Gasteiger partial charge is 0.398 e. The van der Waals surface area contributed by atoms with Crippen LogP contribution in [-0.2, 0) is 13.2 Å². The van der Waals surface area contributed by atoms with Gasteiger partial charge in [-0.25, -0.2) is 0 Å². The SMILES string of the molecule is Cn1cnnc1Sc1ccc(C(F)(F)F)cc1N. The maximum Gasteiger partial charge on any atom is 0.416 e.